The van der Waals surface area contributed by atoms with E-state index in [9.17, 15) is 5.11 Å². The zero-order valence-corrected chi connectivity index (χ0v) is 13.1. The first-order valence-electron chi connectivity index (χ1n) is 6.98. The minimum absolute atomic E-state index is 0.294. The van der Waals surface area contributed by atoms with Gasteiger partial charge in [0.2, 0.25) is 0 Å². The first-order chi connectivity index (χ1) is 9.51. The van der Waals surface area contributed by atoms with E-state index < -0.39 is 6.10 Å². The average Bonchev–Trinajstić information content (AvgIpc) is 2.38. The third-order valence-electron chi connectivity index (χ3n) is 2.99. The number of anilines is 2. The molecule has 2 N–H and O–H groups in total. The van der Waals surface area contributed by atoms with E-state index in [0.717, 1.165) is 23.7 Å². The van der Waals surface area contributed by atoms with Crippen LogP contribution in [-0.4, -0.2) is 55.0 Å². The van der Waals surface area contributed by atoms with E-state index in [1.54, 1.807) is 13.4 Å². The summed E-state index contributed by atoms with van der Waals surface area (Å²) in [5.74, 6) is 2.00. The highest BCUT2D eigenvalue weighted by Gasteiger charge is 2.19. The molecule has 0 spiro atoms. The lowest BCUT2D eigenvalue weighted by atomic mass is 10.0. The standard InChI is InChI=1S/C14H26N4O2/c1-6-15-13-12(10(2)3)14(17-9-16-13)18(4)7-11(19)8-20-5/h9-11,19H,6-8H2,1-5H3,(H,15,16,17). The fraction of sp³-hybridized carbons (Fsp3) is 0.714. The Kier molecular flexibility index (Phi) is 6.67. The second kappa shape index (κ2) is 8.01. The topological polar surface area (TPSA) is 70.5 Å². The fourth-order valence-corrected chi connectivity index (χ4v) is 2.18. The van der Waals surface area contributed by atoms with Crippen molar-refractivity contribution in [3.63, 3.8) is 0 Å². The van der Waals surface area contributed by atoms with Crippen molar-refractivity contribution >= 4 is 11.6 Å². The maximum Gasteiger partial charge on any atom is 0.137 e. The van der Waals surface area contributed by atoms with Crippen molar-refractivity contribution in [3.8, 4) is 0 Å². The second-order valence-electron chi connectivity index (χ2n) is 5.13. The van der Waals surface area contributed by atoms with E-state index in [2.05, 4.69) is 29.1 Å². The summed E-state index contributed by atoms with van der Waals surface area (Å²) in [7, 11) is 3.50. The molecule has 0 amide bonds. The van der Waals surface area contributed by atoms with Gasteiger partial charge < -0.3 is 20.1 Å². The molecule has 1 heterocycles. The van der Waals surface area contributed by atoms with Crippen LogP contribution in [0.25, 0.3) is 0 Å². The third kappa shape index (κ3) is 4.31. The lowest BCUT2D eigenvalue weighted by Crippen LogP contribution is -2.33. The maximum atomic E-state index is 9.86. The Labute approximate surface area is 121 Å². The highest BCUT2D eigenvalue weighted by molar-refractivity contribution is 5.60. The molecule has 6 heteroatoms. The second-order valence-corrected chi connectivity index (χ2v) is 5.13. The van der Waals surface area contributed by atoms with Crippen LogP contribution in [0.1, 0.15) is 32.3 Å². The van der Waals surface area contributed by atoms with Crippen molar-refractivity contribution in [3.05, 3.63) is 11.9 Å². The normalized spacial score (nSPS) is 12.6. The summed E-state index contributed by atoms with van der Waals surface area (Å²) in [6.45, 7) is 7.86. The molecule has 1 rings (SSSR count). The molecule has 6 nitrogen and oxygen atoms in total. The summed E-state index contributed by atoms with van der Waals surface area (Å²) in [6.07, 6.45) is 1.01. The largest absolute Gasteiger partial charge is 0.389 e. The zero-order valence-electron chi connectivity index (χ0n) is 13.1. The van der Waals surface area contributed by atoms with Crippen molar-refractivity contribution in [2.45, 2.75) is 32.8 Å². The van der Waals surface area contributed by atoms with Gasteiger partial charge in [0.05, 0.1) is 12.7 Å². The molecule has 1 aromatic rings. The molecule has 0 bridgehead atoms. The highest BCUT2D eigenvalue weighted by atomic mass is 16.5. The summed E-state index contributed by atoms with van der Waals surface area (Å²) in [4.78, 5) is 10.6. The van der Waals surface area contributed by atoms with Crippen LogP contribution in [0.4, 0.5) is 11.6 Å². The van der Waals surface area contributed by atoms with Gasteiger partial charge in [-0.3, -0.25) is 0 Å². The molecule has 114 valence electrons. The molecular formula is C14H26N4O2. The minimum Gasteiger partial charge on any atom is -0.389 e. The van der Waals surface area contributed by atoms with Gasteiger partial charge in [-0.05, 0) is 12.8 Å². The lowest BCUT2D eigenvalue weighted by molar-refractivity contribution is 0.0694. The van der Waals surface area contributed by atoms with Crippen molar-refractivity contribution in [2.24, 2.45) is 0 Å². The molecule has 0 fully saturated rings. The Bertz CT molecular complexity index is 412. The van der Waals surface area contributed by atoms with Crippen LogP contribution >= 0.6 is 0 Å². The Morgan fingerprint density at radius 3 is 2.65 bits per heavy atom. The van der Waals surface area contributed by atoms with Gasteiger partial charge in [0.25, 0.3) is 0 Å². The van der Waals surface area contributed by atoms with Gasteiger partial charge in [0, 0.05) is 32.8 Å². The first kappa shape index (κ1) is 16.7. The van der Waals surface area contributed by atoms with Gasteiger partial charge in [-0.15, -0.1) is 0 Å². The Balaban J connectivity index is 3.00. The molecule has 20 heavy (non-hydrogen) atoms. The molecule has 0 radical (unpaired) electrons. The van der Waals surface area contributed by atoms with E-state index in [1.165, 1.54) is 0 Å². The molecule has 0 aliphatic heterocycles. The van der Waals surface area contributed by atoms with Crippen molar-refractivity contribution < 1.29 is 9.84 Å². The Hall–Kier alpha value is -1.40. The van der Waals surface area contributed by atoms with Gasteiger partial charge in [-0.1, -0.05) is 13.8 Å². The summed E-state index contributed by atoms with van der Waals surface area (Å²) in [5.41, 5.74) is 1.07. The predicted molar refractivity (Wildman–Crippen MR) is 81.4 cm³/mol. The van der Waals surface area contributed by atoms with E-state index in [-0.39, 0.29) is 0 Å². The number of ether oxygens (including phenoxy) is 1. The number of methoxy groups -OCH3 is 1. The summed E-state index contributed by atoms with van der Waals surface area (Å²) < 4.78 is 4.96. The quantitative estimate of drug-likeness (QED) is 0.752. The number of hydrogen-bond acceptors (Lipinski definition) is 6. The molecule has 0 saturated carbocycles. The van der Waals surface area contributed by atoms with Crippen LogP contribution in [-0.2, 0) is 4.74 Å². The van der Waals surface area contributed by atoms with Crippen molar-refractivity contribution in [1.82, 2.24) is 9.97 Å². The maximum absolute atomic E-state index is 9.86. The van der Waals surface area contributed by atoms with Gasteiger partial charge in [-0.25, -0.2) is 9.97 Å². The van der Waals surface area contributed by atoms with Crippen molar-refractivity contribution in [1.29, 1.82) is 0 Å². The van der Waals surface area contributed by atoms with Crippen LogP contribution in [0.3, 0.4) is 0 Å². The van der Waals surface area contributed by atoms with Crippen LogP contribution in [0, 0.1) is 0 Å². The summed E-state index contributed by atoms with van der Waals surface area (Å²) >= 11 is 0. The number of rotatable bonds is 8. The number of nitrogens with one attached hydrogen (secondary N) is 1. The minimum atomic E-state index is -0.539. The SMILES string of the molecule is CCNc1ncnc(N(C)CC(O)COC)c1C(C)C. The van der Waals surface area contributed by atoms with Crippen LogP contribution in [0.15, 0.2) is 6.33 Å². The molecule has 0 aromatic carbocycles. The Morgan fingerprint density at radius 2 is 2.10 bits per heavy atom. The van der Waals surface area contributed by atoms with Crippen LogP contribution in [0.2, 0.25) is 0 Å². The highest BCUT2D eigenvalue weighted by Crippen LogP contribution is 2.30. The predicted octanol–water partition coefficient (Wildman–Crippen LogP) is 1.48. The number of aromatic nitrogens is 2. The molecule has 1 aromatic heterocycles. The van der Waals surface area contributed by atoms with E-state index in [4.69, 9.17) is 4.74 Å². The first-order valence-corrected chi connectivity index (χ1v) is 6.98. The van der Waals surface area contributed by atoms with Gasteiger partial charge >= 0.3 is 0 Å². The van der Waals surface area contributed by atoms with Crippen molar-refractivity contribution in [2.75, 3.05) is 44.1 Å². The Morgan fingerprint density at radius 1 is 1.40 bits per heavy atom. The van der Waals surface area contributed by atoms with E-state index >= 15 is 0 Å². The van der Waals surface area contributed by atoms with Gasteiger partial charge in [-0.2, -0.15) is 0 Å². The number of aliphatic hydroxyl groups excluding tert-OH is 1. The van der Waals surface area contributed by atoms with Crippen LogP contribution < -0.4 is 10.2 Å². The summed E-state index contributed by atoms with van der Waals surface area (Å²) in [6, 6.07) is 0. The van der Waals surface area contributed by atoms with Gasteiger partial charge in [0.1, 0.15) is 18.0 Å². The third-order valence-corrected chi connectivity index (χ3v) is 2.99. The van der Waals surface area contributed by atoms with E-state index in [1.807, 2.05) is 18.9 Å². The molecule has 0 aliphatic carbocycles. The smallest absolute Gasteiger partial charge is 0.137 e. The number of nitrogens with zero attached hydrogens (tertiary/aromatic N) is 3. The number of likely N-dealkylation sites (N-methyl/N-ethyl adjacent to an activating group) is 1. The molecule has 1 atom stereocenters. The lowest BCUT2D eigenvalue weighted by Gasteiger charge is -2.26. The summed E-state index contributed by atoms with van der Waals surface area (Å²) in [5, 5.41) is 13.1. The molecule has 0 aliphatic rings. The monoisotopic (exact) mass is 282 g/mol. The fourth-order valence-electron chi connectivity index (χ4n) is 2.18. The number of aliphatic hydroxyl groups is 1. The molecule has 0 saturated heterocycles. The molecular weight excluding hydrogens is 256 g/mol. The zero-order chi connectivity index (χ0) is 15.1. The number of hydrogen-bond donors (Lipinski definition) is 2. The van der Waals surface area contributed by atoms with Crippen LogP contribution in [0.5, 0.6) is 0 Å². The van der Waals surface area contributed by atoms with Gasteiger partial charge in [0.15, 0.2) is 0 Å². The molecule has 1 unspecified atom stereocenters. The average molecular weight is 282 g/mol. The van der Waals surface area contributed by atoms with E-state index in [0.29, 0.717) is 19.1 Å².